The van der Waals surface area contributed by atoms with E-state index in [1.54, 1.807) is 0 Å². The molecule has 2 nitrogen and oxygen atoms in total. The third-order valence-electron chi connectivity index (χ3n) is 4.35. The lowest BCUT2D eigenvalue weighted by Gasteiger charge is -2.37. The molecule has 0 radical (unpaired) electrons. The molecule has 0 aromatic rings. The van der Waals surface area contributed by atoms with Crippen molar-refractivity contribution in [2.45, 2.75) is 58.2 Å². The van der Waals surface area contributed by atoms with Crippen molar-refractivity contribution >= 4 is 14.6 Å². The minimum absolute atomic E-state index is 0.101. The van der Waals surface area contributed by atoms with E-state index >= 15 is 0 Å². The maximum atomic E-state index is 13.4. The fourth-order valence-corrected chi connectivity index (χ4v) is 3.07. The van der Waals surface area contributed by atoms with Gasteiger partial charge in [-0.25, -0.2) is 4.39 Å². The molecule has 18 heavy (non-hydrogen) atoms. The van der Waals surface area contributed by atoms with Crippen LogP contribution in [0.1, 0.15) is 40.0 Å². The van der Waals surface area contributed by atoms with Crippen molar-refractivity contribution in [3.05, 3.63) is 11.4 Å². The van der Waals surface area contributed by atoms with Crippen LogP contribution < -0.4 is 0 Å². The van der Waals surface area contributed by atoms with Crippen LogP contribution in [0, 0.1) is 5.92 Å². The average molecular weight is 272 g/mol. The molecule has 0 bridgehead atoms. The summed E-state index contributed by atoms with van der Waals surface area (Å²) >= 11 is 0. The number of rotatable bonds is 4. The zero-order valence-corrected chi connectivity index (χ0v) is 13.2. The second-order valence-electron chi connectivity index (χ2n) is 6.65. The molecule has 0 saturated heterocycles. The molecule has 0 heterocycles. The van der Waals surface area contributed by atoms with Gasteiger partial charge in [-0.2, -0.15) is 0 Å². The van der Waals surface area contributed by atoms with E-state index in [2.05, 4.69) is 33.9 Å². The first kappa shape index (κ1) is 15.6. The summed E-state index contributed by atoms with van der Waals surface area (Å²) in [5.74, 6) is -0.472. The Labute approximate surface area is 111 Å². The number of allylic oxidation sites excluding steroid dienone is 1. The molecule has 0 aliphatic heterocycles. The minimum atomic E-state index is -1.78. The van der Waals surface area contributed by atoms with E-state index in [1.807, 2.05) is 0 Å². The van der Waals surface area contributed by atoms with Crippen molar-refractivity contribution in [2.75, 3.05) is 6.61 Å². The highest BCUT2D eigenvalue weighted by Gasteiger charge is 2.38. The highest BCUT2D eigenvalue weighted by Crippen LogP contribution is 2.39. The van der Waals surface area contributed by atoms with Crippen LogP contribution in [0.15, 0.2) is 11.4 Å². The molecule has 1 rings (SSSR count). The quantitative estimate of drug-likeness (QED) is 0.435. The molecule has 0 aromatic carbocycles. The summed E-state index contributed by atoms with van der Waals surface area (Å²) < 4.78 is 19.5. The normalized spacial score (nSPS) is 24.2. The molecule has 0 spiro atoms. The number of hydrogen-bond donors (Lipinski definition) is 0. The summed E-state index contributed by atoms with van der Waals surface area (Å²) in [6, 6.07) is 0. The maximum Gasteiger partial charge on any atom is 0.192 e. The van der Waals surface area contributed by atoms with Gasteiger partial charge in [0.2, 0.25) is 0 Å². The van der Waals surface area contributed by atoms with Gasteiger partial charge in [-0.15, -0.1) is 0 Å². The molecule has 0 aromatic heterocycles. The zero-order chi connectivity index (χ0) is 14.0. The number of halogens is 1. The van der Waals surface area contributed by atoms with Gasteiger partial charge in [0.1, 0.15) is 0 Å². The van der Waals surface area contributed by atoms with E-state index in [-0.39, 0.29) is 11.0 Å². The van der Waals surface area contributed by atoms with Crippen molar-refractivity contribution in [1.29, 1.82) is 0 Å². The standard InChI is InChI=1S/C14H25FO2Si/c1-14(2,3)18(4,5)17-10-11-7-6-8-12(11)13(15)9-16/h9,11H,6-8,10H2,1-5H3. The lowest BCUT2D eigenvalue weighted by atomic mass is 10.0. The van der Waals surface area contributed by atoms with Gasteiger partial charge in [-0.1, -0.05) is 20.8 Å². The molecular weight excluding hydrogens is 247 g/mol. The summed E-state index contributed by atoms with van der Waals surface area (Å²) in [6.45, 7) is 11.5. The Morgan fingerprint density at radius 3 is 2.61 bits per heavy atom. The zero-order valence-electron chi connectivity index (χ0n) is 12.2. The first-order valence-corrected chi connectivity index (χ1v) is 9.57. The van der Waals surface area contributed by atoms with E-state index < -0.39 is 14.1 Å². The number of carbonyl (C=O) groups excluding carboxylic acids is 1. The Hall–Kier alpha value is -0.483. The topological polar surface area (TPSA) is 26.3 Å². The summed E-state index contributed by atoms with van der Waals surface area (Å²) in [7, 11) is -1.78. The van der Waals surface area contributed by atoms with Gasteiger partial charge in [-0.05, 0) is 43.0 Å². The van der Waals surface area contributed by atoms with Crippen LogP contribution in [0.25, 0.3) is 0 Å². The molecule has 4 heteroatoms. The van der Waals surface area contributed by atoms with Gasteiger partial charge in [0.25, 0.3) is 0 Å². The monoisotopic (exact) mass is 272 g/mol. The van der Waals surface area contributed by atoms with Crippen LogP contribution in [-0.4, -0.2) is 21.2 Å². The molecule has 1 aliphatic rings. The Bertz CT molecular complexity index is 342. The minimum Gasteiger partial charge on any atom is -0.416 e. The third-order valence-corrected chi connectivity index (χ3v) is 8.85. The van der Waals surface area contributed by atoms with Crippen LogP contribution >= 0.6 is 0 Å². The average Bonchev–Trinajstić information content (AvgIpc) is 2.72. The second kappa shape index (κ2) is 5.66. The summed E-state index contributed by atoms with van der Waals surface area (Å²) in [5.41, 5.74) is 0.670. The van der Waals surface area contributed by atoms with Crippen molar-refractivity contribution < 1.29 is 13.6 Å². The number of hydrogen-bond acceptors (Lipinski definition) is 2. The predicted molar refractivity (Wildman–Crippen MR) is 74.7 cm³/mol. The summed E-state index contributed by atoms with van der Waals surface area (Å²) in [4.78, 5) is 10.5. The molecule has 1 atom stereocenters. The highest BCUT2D eigenvalue weighted by molar-refractivity contribution is 6.74. The van der Waals surface area contributed by atoms with Crippen LogP contribution in [0.2, 0.25) is 18.1 Å². The van der Waals surface area contributed by atoms with Crippen molar-refractivity contribution in [1.82, 2.24) is 0 Å². The largest absolute Gasteiger partial charge is 0.416 e. The van der Waals surface area contributed by atoms with E-state index in [9.17, 15) is 9.18 Å². The molecule has 1 aliphatic carbocycles. The Balaban J connectivity index is 2.67. The number of carbonyl (C=O) groups is 1. The SMILES string of the molecule is CC(C)(C)[Si](C)(C)OCC1CCCC1=C(F)C=O. The predicted octanol–water partition coefficient (Wildman–Crippen LogP) is 4.23. The first-order valence-electron chi connectivity index (χ1n) is 6.66. The van der Waals surface area contributed by atoms with Gasteiger partial charge >= 0.3 is 0 Å². The van der Waals surface area contributed by atoms with E-state index in [4.69, 9.17) is 4.43 Å². The van der Waals surface area contributed by atoms with Crippen molar-refractivity contribution in [2.24, 2.45) is 5.92 Å². The van der Waals surface area contributed by atoms with Gasteiger partial charge in [-0.3, -0.25) is 4.79 Å². The first-order chi connectivity index (χ1) is 8.19. The fourth-order valence-electron chi connectivity index (χ4n) is 2.02. The molecule has 1 saturated carbocycles. The highest BCUT2D eigenvalue weighted by atomic mass is 28.4. The number of aldehydes is 1. The van der Waals surface area contributed by atoms with Gasteiger partial charge < -0.3 is 4.43 Å². The van der Waals surface area contributed by atoms with Crippen molar-refractivity contribution in [3.63, 3.8) is 0 Å². The molecule has 104 valence electrons. The molecule has 1 unspecified atom stereocenters. The third kappa shape index (κ3) is 3.51. The van der Waals surface area contributed by atoms with Crippen molar-refractivity contribution in [3.8, 4) is 0 Å². The van der Waals surface area contributed by atoms with E-state index in [0.29, 0.717) is 24.9 Å². The molecule has 0 amide bonds. The molecular formula is C14H25FO2Si. The van der Waals surface area contributed by atoms with Gasteiger partial charge in [0, 0.05) is 12.5 Å². The smallest absolute Gasteiger partial charge is 0.192 e. The Morgan fingerprint density at radius 2 is 2.11 bits per heavy atom. The Kier molecular flexibility index (Phi) is 4.89. The van der Waals surface area contributed by atoms with Crippen LogP contribution in [0.4, 0.5) is 4.39 Å². The second-order valence-corrected chi connectivity index (χ2v) is 11.5. The van der Waals surface area contributed by atoms with Crippen LogP contribution in [0.5, 0.6) is 0 Å². The Morgan fingerprint density at radius 1 is 1.50 bits per heavy atom. The maximum absolute atomic E-state index is 13.4. The fraction of sp³-hybridized carbons (Fsp3) is 0.786. The molecule has 0 N–H and O–H groups in total. The lowest BCUT2D eigenvalue weighted by molar-refractivity contribution is -0.106. The lowest BCUT2D eigenvalue weighted by Crippen LogP contribution is -2.41. The molecule has 1 fully saturated rings. The van der Waals surface area contributed by atoms with Gasteiger partial charge in [0.15, 0.2) is 20.4 Å². The summed E-state index contributed by atoms with van der Waals surface area (Å²) in [5, 5.41) is 0.165. The van der Waals surface area contributed by atoms with Crippen LogP contribution in [-0.2, 0) is 9.22 Å². The van der Waals surface area contributed by atoms with E-state index in [0.717, 1.165) is 12.8 Å². The van der Waals surface area contributed by atoms with Crippen LogP contribution in [0.3, 0.4) is 0 Å². The summed E-state index contributed by atoms with van der Waals surface area (Å²) in [6.07, 6.45) is 2.93. The van der Waals surface area contributed by atoms with Gasteiger partial charge in [0.05, 0.1) is 0 Å². The van der Waals surface area contributed by atoms with E-state index in [1.165, 1.54) is 0 Å².